The van der Waals surface area contributed by atoms with Gasteiger partial charge in [0.25, 0.3) is 0 Å². The molecule has 0 spiro atoms. The van der Waals surface area contributed by atoms with E-state index in [1.165, 1.54) is 6.92 Å². The highest BCUT2D eigenvalue weighted by Crippen LogP contribution is 2.10. The summed E-state index contributed by atoms with van der Waals surface area (Å²) in [7, 11) is 0. The molecule has 0 saturated carbocycles. The lowest BCUT2D eigenvalue weighted by atomic mass is 10.2. The van der Waals surface area contributed by atoms with Crippen molar-refractivity contribution >= 4 is 17.6 Å². The molecule has 0 aliphatic rings. The van der Waals surface area contributed by atoms with Gasteiger partial charge in [-0.15, -0.1) is 0 Å². The molecular weight excluding hydrogens is 272 g/mol. The molecule has 1 aromatic carbocycles. The third-order valence-corrected chi connectivity index (χ3v) is 2.61. The number of hydrogen-bond donors (Lipinski definition) is 3. The quantitative estimate of drug-likeness (QED) is 0.657. The van der Waals surface area contributed by atoms with E-state index in [1.54, 1.807) is 24.3 Å². The Kier molecular flexibility index (Phi) is 6.84. The molecule has 1 aromatic rings. The predicted octanol–water partition coefficient (Wildman–Crippen LogP) is 1.16. The highest BCUT2D eigenvalue weighted by atomic mass is 16.5. The van der Waals surface area contributed by atoms with Gasteiger partial charge in [-0.1, -0.05) is 13.8 Å². The van der Waals surface area contributed by atoms with Gasteiger partial charge in [-0.25, -0.2) is 4.79 Å². The molecule has 1 amide bonds. The number of rotatable bonds is 7. The lowest BCUT2D eigenvalue weighted by Gasteiger charge is -2.14. The topological polar surface area (TPSA) is 87.7 Å². The smallest absolute Gasteiger partial charge is 0.338 e. The van der Waals surface area contributed by atoms with Crippen molar-refractivity contribution in [1.82, 2.24) is 5.32 Å². The minimum Gasteiger partial charge on any atom is -0.459 e. The van der Waals surface area contributed by atoms with Crippen molar-refractivity contribution in [2.24, 2.45) is 0 Å². The van der Waals surface area contributed by atoms with Crippen LogP contribution in [0.4, 0.5) is 5.69 Å². The fourth-order valence-electron chi connectivity index (χ4n) is 1.58. The number of carbonyl (C=O) groups is 2. The summed E-state index contributed by atoms with van der Waals surface area (Å²) in [6.45, 7) is 5.65. The number of carbonyl (C=O) groups excluding carboxylic acids is 2. The molecule has 3 N–H and O–H groups in total. The standard InChI is InChI=1S/C15H22N2O4/c1-10(2)16-8-14(19)9-21-15(20)12-4-6-13(7-5-12)17-11(3)18/h4-7,10,14,16,19H,8-9H2,1-3H3,(H,17,18)/t14-/m0/s1. The molecule has 0 bridgehead atoms. The first-order valence-corrected chi connectivity index (χ1v) is 6.84. The van der Waals surface area contributed by atoms with Gasteiger partial charge in [-0.3, -0.25) is 4.79 Å². The Morgan fingerprint density at radius 3 is 2.38 bits per heavy atom. The maximum absolute atomic E-state index is 11.8. The van der Waals surface area contributed by atoms with E-state index >= 15 is 0 Å². The molecule has 116 valence electrons. The van der Waals surface area contributed by atoms with Gasteiger partial charge < -0.3 is 20.5 Å². The summed E-state index contributed by atoms with van der Waals surface area (Å²) in [5, 5.41) is 15.3. The van der Waals surface area contributed by atoms with Gasteiger partial charge in [-0.2, -0.15) is 0 Å². The van der Waals surface area contributed by atoms with Crippen LogP contribution in [0.3, 0.4) is 0 Å². The molecule has 0 aliphatic heterocycles. The van der Waals surface area contributed by atoms with Crippen molar-refractivity contribution in [2.45, 2.75) is 32.9 Å². The number of hydrogen-bond acceptors (Lipinski definition) is 5. The summed E-state index contributed by atoms with van der Waals surface area (Å²) in [4.78, 5) is 22.7. The van der Waals surface area contributed by atoms with Crippen molar-refractivity contribution in [1.29, 1.82) is 0 Å². The van der Waals surface area contributed by atoms with Gasteiger partial charge in [0.2, 0.25) is 5.91 Å². The molecule has 0 aromatic heterocycles. The van der Waals surface area contributed by atoms with E-state index in [2.05, 4.69) is 10.6 Å². The lowest BCUT2D eigenvalue weighted by Crippen LogP contribution is -2.35. The van der Waals surface area contributed by atoms with Crippen LogP contribution in [0, 0.1) is 0 Å². The van der Waals surface area contributed by atoms with Gasteiger partial charge in [0.05, 0.1) is 5.56 Å². The van der Waals surface area contributed by atoms with E-state index in [4.69, 9.17) is 4.74 Å². The molecular formula is C15H22N2O4. The monoisotopic (exact) mass is 294 g/mol. The summed E-state index contributed by atoms with van der Waals surface area (Å²) in [6.07, 6.45) is -0.741. The van der Waals surface area contributed by atoms with E-state index in [0.29, 0.717) is 17.8 Å². The largest absolute Gasteiger partial charge is 0.459 e. The molecule has 1 rings (SSSR count). The summed E-state index contributed by atoms with van der Waals surface area (Å²) < 4.78 is 5.03. The van der Waals surface area contributed by atoms with Crippen LogP contribution in [-0.4, -0.2) is 42.3 Å². The molecule has 0 unspecified atom stereocenters. The highest BCUT2D eigenvalue weighted by Gasteiger charge is 2.11. The Labute approximate surface area is 124 Å². The van der Waals surface area contributed by atoms with E-state index in [-0.39, 0.29) is 18.6 Å². The number of amides is 1. The Morgan fingerprint density at radius 1 is 1.24 bits per heavy atom. The number of benzene rings is 1. The fraction of sp³-hybridized carbons (Fsp3) is 0.467. The van der Waals surface area contributed by atoms with Crippen molar-refractivity contribution in [2.75, 3.05) is 18.5 Å². The maximum Gasteiger partial charge on any atom is 0.338 e. The molecule has 6 heteroatoms. The van der Waals surface area contributed by atoms with Gasteiger partial charge in [0.15, 0.2) is 0 Å². The van der Waals surface area contributed by atoms with Crippen molar-refractivity contribution < 1.29 is 19.4 Å². The van der Waals surface area contributed by atoms with Crippen LogP contribution in [0.15, 0.2) is 24.3 Å². The highest BCUT2D eigenvalue weighted by molar-refractivity contribution is 5.92. The average molecular weight is 294 g/mol. The van der Waals surface area contributed by atoms with E-state index in [9.17, 15) is 14.7 Å². The van der Waals surface area contributed by atoms with Crippen LogP contribution in [0.25, 0.3) is 0 Å². The zero-order valence-electron chi connectivity index (χ0n) is 12.6. The predicted molar refractivity (Wildman–Crippen MR) is 80.2 cm³/mol. The van der Waals surface area contributed by atoms with Crippen molar-refractivity contribution in [3.05, 3.63) is 29.8 Å². The zero-order valence-corrected chi connectivity index (χ0v) is 12.6. The second-order valence-corrected chi connectivity index (χ2v) is 5.07. The first-order valence-electron chi connectivity index (χ1n) is 6.84. The summed E-state index contributed by atoms with van der Waals surface area (Å²) in [5.74, 6) is -0.681. The molecule has 21 heavy (non-hydrogen) atoms. The molecule has 1 atom stereocenters. The first kappa shape index (κ1) is 17.1. The van der Waals surface area contributed by atoms with E-state index < -0.39 is 12.1 Å². The van der Waals surface area contributed by atoms with E-state index in [0.717, 1.165) is 0 Å². The Balaban J connectivity index is 2.43. The fourth-order valence-corrected chi connectivity index (χ4v) is 1.58. The number of nitrogens with one attached hydrogen (secondary N) is 2. The third kappa shape index (κ3) is 6.87. The number of ether oxygens (including phenoxy) is 1. The third-order valence-electron chi connectivity index (χ3n) is 2.61. The van der Waals surface area contributed by atoms with E-state index in [1.807, 2.05) is 13.8 Å². The first-order chi connectivity index (χ1) is 9.88. The lowest BCUT2D eigenvalue weighted by molar-refractivity contribution is -0.114. The van der Waals surface area contributed by atoms with Crippen LogP contribution in [-0.2, 0) is 9.53 Å². The van der Waals surface area contributed by atoms with Gasteiger partial charge in [-0.05, 0) is 24.3 Å². The Bertz CT molecular complexity index is 471. The number of aliphatic hydroxyl groups excluding tert-OH is 1. The summed E-state index contributed by atoms with van der Waals surface area (Å²) in [5.41, 5.74) is 0.980. The molecule has 0 saturated heterocycles. The van der Waals surface area contributed by atoms with Crippen LogP contribution < -0.4 is 10.6 Å². The molecule has 0 radical (unpaired) electrons. The van der Waals surface area contributed by atoms with Gasteiger partial charge in [0.1, 0.15) is 12.7 Å². The van der Waals surface area contributed by atoms with Gasteiger partial charge >= 0.3 is 5.97 Å². The van der Waals surface area contributed by atoms with Crippen LogP contribution in [0.2, 0.25) is 0 Å². The Hall–Kier alpha value is -1.92. The zero-order chi connectivity index (χ0) is 15.8. The van der Waals surface area contributed by atoms with Crippen LogP contribution in [0.5, 0.6) is 0 Å². The maximum atomic E-state index is 11.8. The molecule has 0 fully saturated rings. The molecule has 6 nitrogen and oxygen atoms in total. The number of anilines is 1. The SMILES string of the molecule is CC(=O)Nc1ccc(C(=O)OC[C@@H](O)CNC(C)C)cc1. The molecule has 0 aliphatic carbocycles. The van der Waals surface area contributed by atoms with Crippen molar-refractivity contribution in [3.63, 3.8) is 0 Å². The second-order valence-electron chi connectivity index (χ2n) is 5.07. The van der Waals surface area contributed by atoms with Crippen LogP contribution >= 0.6 is 0 Å². The minimum atomic E-state index is -0.741. The summed E-state index contributed by atoms with van der Waals surface area (Å²) in [6, 6.07) is 6.62. The van der Waals surface area contributed by atoms with Crippen LogP contribution in [0.1, 0.15) is 31.1 Å². The Morgan fingerprint density at radius 2 is 1.86 bits per heavy atom. The summed E-state index contributed by atoms with van der Waals surface area (Å²) >= 11 is 0. The number of esters is 1. The second kappa shape index (κ2) is 8.39. The van der Waals surface area contributed by atoms with Crippen molar-refractivity contribution in [3.8, 4) is 0 Å². The number of aliphatic hydroxyl groups is 1. The van der Waals surface area contributed by atoms with Gasteiger partial charge in [0, 0.05) is 25.2 Å². The normalized spacial score (nSPS) is 12.0. The minimum absolute atomic E-state index is 0.0635. The molecule has 0 heterocycles. The average Bonchev–Trinajstić information content (AvgIpc) is 2.42.